The van der Waals surface area contributed by atoms with Crippen LogP contribution in [0, 0.1) is 0 Å². The standard InChI is InChI=1S/C24H25N3O6S/c1-32-21-12-11-18(13-22(21)33-2)14-23(28)26-27-24(29)19-9-6-10-20(15-19)34(30,31)25-16-17-7-4-3-5-8-17/h3-13,15,25H,14,16H2,1-2H3,(H,26,28)(H,27,29). The Labute approximate surface area is 198 Å². The van der Waals surface area contributed by atoms with Crippen LogP contribution in [-0.2, 0) is 27.8 Å². The number of nitrogens with one attached hydrogen (secondary N) is 3. The Morgan fingerprint density at radius 3 is 2.24 bits per heavy atom. The summed E-state index contributed by atoms with van der Waals surface area (Å²) < 4.78 is 38.1. The van der Waals surface area contributed by atoms with Crippen LogP contribution in [0.15, 0.2) is 77.7 Å². The molecule has 9 nitrogen and oxygen atoms in total. The minimum Gasteiger partial charge on any atom is -0.493 e. The summed E-state index contributed by atoms with van der Waals surface area (Å²) in [5.74, 6) is -0.0987. The van der Waals surface area contributed by atoms with Crippen molar-refractivity contribution in [2.24, 2.45) is 0 Å². The highest BCUT2D eigenvalue weighted by atomic mass is 32.2. The van der Waals surface area contributed by atoms with Gasteiger partial charge in [-0.1, -0.05) is 42.5 Å². The Hall–Kier alpha value is -3.89. The van der Waals surface area contributed by atoms with Crippen molar-refractivity contribution in [3.05, 3.63) is 89.5 Å². The van der Waals surface area contributed by atoms with Crippen LogP contribution in [0.4, 0.5) is 0 Å². The molecule has 34 heavy (non-hydrogen) atoms. The van der Waals surface area contributed by atoms with Gasteiger partial charge >= 0.3 is 0 Å². The van der Waals surface area contributed by atoms with Gasteiger partial charge in [-0.3, -0.25) is 20.4 Å². The summed E-state index contributed by atoms with van der Waals surface area (Å²) >= 11 is 0. The summed E-state index contributed by atoms with van der Waals surface area (Å²) in [7, 11) is -0.832. The zero-order valence-corrected chi connectivity index (χ0v) is 19.5. The molecule has 0 aromatic heterocycles. The zero-order chi connectivity index (χ0) is 24.6. The summed E-state index contributed by atoms with van der Waals surface area (Å²) in [4.78, 5) is 24.6. The molecule has 2 amide bonds. The smallest absolute Gasteiger partial charge is 0.269 e. The molecule has 178 valence electrons. The third kappa shape index (κ3) is 6.56. The van der Waals surface area contributed by atoms with Gasteiger partial charge in [0, 0.05) is 12.1 Å². The Morgan fingerprint density at radius 1 is 0.794 bits per heavy atom. The summed E-state index contributed by atoms with van der Waals surface area (Å²) in [6.45, 7) is 0.117. The molecule has 0 bridgehead atoms. The highest BCUT2D eigenvalue weighted by Gasteiger charge is 2.17. The van der Waals surface area contributed by atoms with Gasteiger partial charge in [-0.25, -0.2) is 13.1 Å². The molecule has 0 spiro atoms. The van der Waals surface area contributed by atoms with Gasteiger partial charge in [-0.2, -0.15) is 0 Å². The molecular weight excluding hydrogens is 458 g/mol. The molecular formula is C24H25N3O6S. The molecule has 0 aliphatic heterocycles. The average Bonchev–Trinajstić information content (AvgIpc) is 2.86. The minimum absolute atomic E-state index is 0.0154. The van der Waals surface area contributed by atoms with Gasteiger partial charge in [0.25, 0.3) is 5.91 Å². The number of methoxy groups -OCH3 is 2. The van der Waals surface area contributed by atoms with Crippen LogP contribution in [0.2, 0.25) is 0 Å². The van der Waals surface area contributed by atoms with Crippen molar-refractivity contribution < 1.29 is 27.5 Å². The fourth-order valence-corrected chi connectivity index (χ4v) is 4.14. The minimum atomic E-state index is -3.84. The summed E-state index contributed by atoms with van der Waals surface area (Å²) in [6, 6.07) is 19.7. The number of hydrogen-bond acceptors (Lipinski definition) is 6. The Balaban J connectivity index is 1.59. The van der Waals surface area contributed by atoms with Crippen molar-refractivity contribution in [2.75, 3.05) is 14.2 Å². The van der Waals surface area contributed by atoms with Crippen molar-refractivity contribution in [1.82, 2.24) is 15.6 Å². The first-order valence-electron chi connectivity index (χ1n) is 10.3. The van der Waals surface area contributed by atoms with Crippen LogP contribution in [-0.4, -0.2) is 34.5 Å². The predicted molar refractivity (Wildman–Crippen MR) is 126 cm³/mol. The van der Waals surface area contributed by atoms with Crippen molar-refractivity contribution in [3.8, 4) is 11.5 Å². The van der Waals surface area contributed by atoms with Gasteiger partial charge in [-0.15, -0.1) is 0 Å². The lowest BCUT2D eigenvalue weighted by Gasteiger charge is -2.11. The van der Waals surface area contributed by atoms with Crippen LogP contribution < -0.4 is 25.0 Å². The number of carbonyl (C=O) groups excluding carboxylic acids is 2. The lowest BCUT2D eigenvalue weighted by atomic mass is 10.1. The van der Waals surface area contributed by atoms with Crippen molar-refractivity contribution >= 4 is 21.8 Å². The van der Waals surface area contributed by atoms with Crippen LogP contribution >= 0.6 is 0 Å². The third-order valence-corrected chi connectivity index (χ3v) is 6.24. The molecule has 3 N–H and O–H groups in total. The summed E-state index contributed by atoms with van der Waals surface area (Å²) in [5, 5.41) is 0. The Kier molecular flexibility index (Phi) is 8.23. The van der Waals surface area contributed by atoms with Crippen molar-refractivity contribution in [3.63, 3.8) is 0 Å². The van der Waals surface area contributed by atoms with Gasteiger partial charge in [-0.05, 0) is 41.5 Å². The maximum Gasteiger partial charge on any atom is 0.269 e. The van der Waals surface area contributed by atoms with E-state index in [2.05, 4.69) is 15.6 Å². The molecule has 0 fully saturated rings. The van der Waals surface area contributed by atoms with E-state index in [9.17, 15) is 18.0 Å². The van der Waals surface area contributed by atoms with Crippen molar-refractivity contribution in [2.45, 2.75) is 17.9 Å². The largest absolute Gasteiger partial charge is 0.493 e. The first kappa shape index (κ1) is 24.7. The normalized spacial score (nSPS) is 10.9. The zero-order valence-electron chi connectivity index (χ0n) is 18.7. The van der Waals surface area contributed by atoms with E-state index in [1.54, 1.807) is 30.3 Å². The monoisotopic (exact) mass is 483 g/mol. The predicted octanol–water partition coefficient (Wildman–Crippen LogP) is 2.19. The number of ether oxygens (including phenoxy) is 2. The number of benzene rings is 3. The number of hydrazine groups is 1. The molecule has 10 heteroatoms. The topological polar surface area (TPSA) is 123 Å². The third-order valence-electron chi connectivity index (χ3n) is 4.84. The molecule has 0 aliphatic carbocycles. The highest BCUT2D eigenvalue weighted by Crippen LogP contribution is 2.27. The summed E-state index contributed by atoms with van der Waals surface area (Å²) in [6.07, 6.45) is -0.0154. The first-order chi connectivity index (χ1) is 16.3. The molecule has 0 saturated carbocycles. The molecule has 0 radical (unpaired) electrons. The van der Waals surface area contributed by atoms with E-state index in [0.29, 0.717) is 17.1 Å². The van der Waals surface area contributed by atoms with Crippen LogP contribution in [0.3, 0.4) is 0 Å². The Bertz CT molecular complexity index is 1260. The molecule has 3 aromatic carbocycles. The fraction of sp³-hybridized carbons (Fsp3) is 0.167. The first-order valence-corrected chi connectivity index (χ1v) is 11.7. The lowest BCUT2D eigenvalue weighted by Crippen LogP contribution is -2.42. The van der Waals surface area contributed by atoms with Gasteiger partial charge in [0.2, 0.25) is 15.9 Å². The van der Waals surface area contributed by atoms with E-state index in [0.717, 1.165) is 5.56 Å². The molecule has 0 unspecified atom stereocenters. The van der Waals surface area contributed by atoms with E-state index in [4.69, 9.17) is 9.47 Å². The number of hydrogen-bond donors (Lipinski definition) is 3. The highest BCUT2D eigenvalue weighted by molar-refractivity contribution is 7.89. The second-order valence-electron chi connectivity index (χ2n) is 7.21. The second-order valence-corrected chi connectivity index (χ2v) is 8.97. The molecule has 3 rings (SSSR count). The van der Waals surface area contributed by atoms with Gasteiger partial charge in [0.05, 0.1) is 25.5 Å². The van der Waals surface area contributed by atoms with E-state index >= 15 is 0 Å². The number of carbonyl (C=O) groups is 2. The number of rotatable bonds is 9. The molecule has 0 atom stereocenters. The lowest BCUT2D eigenvalue weighted by molar-refractivity contribution is -0.121. The molecule has 3 aromatic rings. The van der Waals surface area contributed by atoms with Crippen LogP contribution in [0.1, 0.15) is 21.5 Å². The molecule has 0 heterocycles. The van der Waals surface area contributed by atoms with E-state index in [-0.39, 0.29) is 23.4 Å². The van der Waals surface area contributed by atoms with E-state index < -0.39 is 21.8 Å². The van der Waals surface area contributed by atoms with Crippen molar-refractivity contribution in [1.29, 1.82) is 0 Å². The fourth-order valence-electron chi connectivity index (χ4n) is 3.08. The Morgan fingerprint density at radius 2 is 1.53 bits per heavy atom. The van der Waals surface area contributed by atoms with Gasteiger partial charge < -0.3 is 9.47 Å². The number of amides is 2. The maximum atomic E-state index is 12.6. The van der Waals surface area contributed by atoms with Crippen LogP contribution in [0.25, 0.3) is 0 Å². The maximum absolute atomic E-state index is 12.6. The second kappa shape index (κ2) is 11.3. The van der Waals surface area contributed by atoms with E-state index in [1.165, 1.54) is 38.5 Å². The SMILES string of the molecule is COc1ccc(CC(=O)NNC(=O)c2cccc(S(=O)(=O)NCc3ccccc3)c2)cc1OC. The summed E-state index contributed by atoms with van der Waals surface area (Å²) in [5.41, 5.74) is 6.16. The quantitative estimate of drug-likeness (QED) is 0.401. The number of sulfonamides is 1. The molecule has 0 saturated heterocycles. The van der Waals surface area contributed by atoms with E-state index in [1.807, 2.05) is 18.2 Å². The van der Waals surface area contributed by atoms with Gasteiger partial charge in [0.1, 0.15) is 0 Å². The van der Waals surface area contributed by atoms with Gasteiger partial charge in [0.15, 0.2) is 11.5 Å². The molecule has 0 aliphatic rings. The van der Waals surface area contributed by atoms with Crippen LogP contribution in [0.5, 0.6) is 11.5 Å². The average molecular weight is 484 g/mol.